The molecular formula is C11H16N2OS. The molecule has 0 atom stereocenters. The molecular weight excluding hydrogens is 208 g/mol. The highest BCUT2D eigenvalue weighted by Gasteiger charge is 1.98. The summed E-state index contributed by atoms with van der Waals surface area (Å²) in [5, 5.41) is 0.831. The third-order valence-corrected chi connectivity index (χ3v) is 2.87. The van der Waals surface area contributed by atoms with Crippen molar-refractivity contribution in [2.75, 3.05) is 5.75 Å². The van der Waals surface area contributed by atoms with Crippen LogP contribution in [0.4, 0.5) is 0 Å². The number of thioether (sulfide) groups is 1. The van der Waals surface area contributed by atoms with E-state index < -0.39 is 0 Å². The van der Waals surface area contributed by atoms with Crippen molar-refractivity contribution in [2.45, 2.75) is 38.3 Å². The Hall–Kier alpha value is -0.900. The van der Waals surface area contributed by atoms with Gasteiger partial charge in [-0.25, -0.2) is 9.97 Å². The highest BCUT2D eigenvalue weighted by Crippen LogP contribution is 2.14. The first-order valence-corrected chi connectivity index (χ1v) is 6.09. The van der Waals surface area contributed by atoms with Gasteiger partial charge in [-0.15, -0.1) is 0 Å². The van der Waals surface area contributed by atoms with Crippen molar-refractivity contribution in [3.63, 3.8) is 0 Å². The molecule has 82 valence electrons. The lowest BCUT2D eigenvalue weighted by atomic mass is 10.2. The van der Waals surface area contributed by atoms with Gasteiger partial charge >= 0.3 is 0 Å². The molecule has 15 heavy (non-hydrogen) atoms. The molecule has 1 rings (SSSR count). The van der Waals surface area contributed by atoms with Crippen molar-refractivity contribution < 1.29 is 4.79 Å². The van der Waals surface area contributed by atoms with Crippen molar-refractivity contribution in [3.8, 4) is 0 Å². The Kier molecular flexibility index (Phi) is 5.32. The van der Waals surface area contributed by atoms with Gasteiger partial charge in [0.05, 0.1) is 0 Å². The zero-order chi connectivity index (χ0) is 11.1. The van der Waals surface area contributed by atoms with E-state index in [9.17, 15) is 4.79 Å². The van der Waals surface area contributed by atoms with E-state index in [0.717, 1.165) is 29.4 Å². The predicted molar refractivity (Wildman–Crippen MR) is 62.0 cm³/mol. The van der Waals surface area contributed by atoms with Gasteiger partial charge in [0.25, 0.3) is 0 Å². The lowest BCUT2D eigenvalue weighted by Gasteiger charge is -2.00. The maximum absolute atomic E-state index is 10.7. The number of Topliss-reactive ketones (excluding diaryl/α,β-unsaturated/α-hetero) is 1. The van der Waals surface area contributed by atoms with E-state index >= 15 is 0 Å². The quantitative estimate of drug-likeness (QED) is 0.423. The van der Waals surface area contributed by atoms with Crippen molar-refractivity contribution >= 4 is 17.5 Å². The van der Waals surface area contributed by atoms with Crippen LogP contribution < -0.4 is 0 Å². The number of rotatable bonds is 6. The van der Waals surface area contributed by atoms with Gasteiger partial charge in [0.1, 0.15) is 5.78 Å². The largest absolute Gasteiger partial charge is 0.300 e. The van der Waals surface area contributed by atoms with Gasteiger partial charge < -0.3 is 4.79 Å². The van der Waals surface area contributed by atoms with Crippen molar-refractivity contribution in [2.24, 2.45) is 0 Å². The summed E-state index contributed by atoms with van der Waals surface area (Å²) in [4.78, 5) is 19.1. The maximum atomic E-state index is 10.7. The van der Waals surface area contributed by atoms with Gasteiger partial charge in [-0.3, -0.25) is 0 Å². The number of aryl methyl sites for hydroxylation is 1. The van der Waals surface area contributed by atoms with Gasteiger partial charge in [-0.1, -0.05) is 11.8 Å². The van der Waals surface area contributed by atoms with Crippen LogP contribution in [0.15, 0.2) is 17.4 Å². The third kappa shape index (κ3) is 5.52. The molecule has 0 aromatic carbocycles. The first kappa shape index (κ1) is 12.2. The van der Waals surface area contributed by atoms with Crippen LogP contribution in [0.2, 0.25) is 0 Å². The second-order valence-electron chi connectivity index (χ2n) is 3.49. The molecule has 0 spiro atoms. The normalized spacial score (nSPS) is 10.3. The molecule has 0 fully saturated rings. The van der Waals surface area contributed by atoms with E-state index in [4.69, 9.17) is 0 Å². The fourth-order valence-electron chi connectivity index (χ4n) is 1.13. The van der Waals surface area contributed by atoms with Crippen LogP contribution in [0.1, 0.15) is 31.9 Å². The van der Waals surface area contributed by atoms with E-state index in [1.54, 1.807) is 24.9 Å². The number of hydrogen-bond donors (Lipinski definition) is 0. The van der Waals surface area contributed by atoms with E-state index in [2.05, 4.69) is 9.97 Å². The average Bonchev–Trinajstić information content (AvgIpc) is 2.17. The van der Waals surface area contributed by atoms with Crippen molar-refractivity contribution in [1.82, 2.24) is 9.97 Å². The molecule has 1 aromatic heterocycles. The Labute approximate surface area is 94.7 Å². The molecule has 0 unspecified atom stereocenters. The molecule has 0 bridgehead atoms. The Morgan fingerprint density at radius 2 is 2.27 bits per heavy atom. The molecule has 0 aliphatic carbocycles. The van der Waals surface area contributed by atoms with Gasteiger partial charge in [-0.05, 0) is 32.8 Å². The van der Waals surface area contributed by atoms with E-state index in [0.29, 0.717) is 6.42 Å². The summed E-state index contributed by atoms with van der Waals surface area (Å²) < 4.78 is 0. The maximum Gasteiger partial charge on any atom is 0.187 e. The molecule has 4 heteroatoms. The first-order valence-electron chi connectivity index (χ1n) is 5.10. The molecule has 1 aromatic rings. The molecule has 0 N–H and O–H groups in total. The fourth-order valence-corrected chi connectivity index (χ4v) is 2.01. The van der Waals surface area contributed by atoms with Crippen LogP contribution in [0.5, 0.6) is 0 Å². The van der Waals surface area contributed by atoms with Gasteiger partial charge in [0.15, 0.2) is 5.16 Å². The number of carbonyl (C=O) groups excluding carboxylic acids is 1. The Morgan fingerprint density at radius 1 is 1.47 bits per heavy atom. The molecule has 0 aliphatic heterocycles. The number of nitrogens with zero attached hydrogens (tertiary/aromatic N) is 2. The molecule has 0 aliphatic rings. The first-order chi connectivity index (χ1) is 7.18. The average molecular weight is 224 g/mol. The molecule has 1 heterocycles. The summed E-state index contributed by atoms with van der Waals surface area (Å²) in [6, 6.07) is 1.89. The third-order valence-electron chi connectivity index (χ3n) is 1.93. The Bertz CT molecular complexity index is 328. The topological polar surface area (TPSA) is 42.9 Å². The van der Waals surface area contributed by atoms with E-state index in [1.807, 2.05) is 13.0 Å². The molecule has 3 nitrogen and oxygen atoms in total. The summed E-state index contributed by atoms with van der Waals surface area (Å²) in [6.45, 7) is 3.60. The number of aromatic nitrogens is 2. The Morgan fingerprint density at radius 3 is 2.93 bits per heavy atom. The number of carbonyl (C=O) groups is 1. The minimum absolute atomic E-state index is 0.270. The van der Waals surface area contributed by atoms with E-state index in [-0.39, 0.29) is 5.78 Å². The molecule has 0 saturated carbocycles. The number of ketones is 1. The van der Waals surface area contributed by atoms with Crippen LogP contribution in [-0.4, -0.2) is 21.5 Å². The minimum Gasteiger partial charge on any atom is -0.300 e. The SMILES string of the molecule is CC(=O)CCCCSc1nccc(C)n1. The zero-order valence-corrected chi connectivity index (χ0v) is 10.0. The fraction of sp³-hybridized carbons (Fsp3) is 0.545. The van der Waals surface area contributed by atoms with Crippen LogP contribution in [-0.2, 0) is 4.79 Å². The second kappa shape index (κ2) is 6.56. The van der Waals surface area contributed by atoms with Gasteiger partial charge in [0, 0.05) is 24.1 Å². The summed E-state index contributed by atoms with van der Waals surface area (Å²) in [5.74, 6) is 1.25. The molecule has 0 saturated heterocycles. The van der Waals surface area contributed by atoms with Gasteiger partial charge in [0.2, 0.25) is 0 Å². The lowest BCUT2D eigenvalue weighted by Crippen LogP contribution is -1.92. The summed E-state index contributed by atoms with van der Waals surface area (Å²) in [7, 11) is 0. The summed E-state index contributed by atoms with van der Waals surface area (Å²) >= 11 is 1.65. The summed E-state index contributed by atoms with van der Waals surface area (Å²) in [5.41, 5.74) is 0.997. The highest BCUT2D eigenvalue weighted by molar-refractivity contribution is 7.99. The van der Waals surface area contributed by atoms with Crippen LogP contribution in [0.3, 0.4) is 0 Å². The molecule has 0 radical (unpaired) electrons. The minimum atomic E-state index is 0.270. The standard InChI is InChI=1S/C11H16N2OS/c1-9-6-7-12-11(13-9)15-8-4-3-5-10(2)14/h6-7H,3-5,8H2,1-2H3. The van der Waals surface area contributed by atoms with Crippen molar-refractivity contribution in [3.05, 3.63) is 18.0 Å². The monoisotopic (exact) mass is 224 g/mol. The van der Waals surface area contributed by atoms with Gasteiger partial charge in [-0.2, -0.15) is 0 Å². The van der Waals surface area contributed by atoms with Crippen LogP contribution in [0.25, 0.3) is 0 Å². The van der Waals surface area contributed by atoms with E-state index in [1.165, 1.54) is 0 Å². The van der Waals surface area contributed by atoms with Crippen molar-refractivity contribution in [1.29, 1.82) is 0 Å². The van der Waals surface area contributed by atoms with Crippen LogP contribution in [0, 0.1) is 6.92 Å². The second-order valence-corrected chi connectivity index (χ2v) is 4.55. The zero-order valence-electron chi connectivity index (χ0n) is 9.19. The molecule has 0 amide bonds. The predicted octanol–water partition coefficient (Wildman–Crippen LogP) is 2.64. The number of hydrogen-bond acceptors (Lipinski definition) is 4. The van der Waals surface area contributed by atoms with Crippen LogP contribution >= 0.6 is 11.8 Å². The summed E-state index contributed by atoms with van der Waals surface area (Å²) in [6.07, 6.45) is 4.48. The lowest BCUT2D eigenvalue weighted by molar-refractivity contribution is -0.117. The Balaban J connectivity index is 2.17. The smallest absolute Gasteiger partial charge is 0.187 e. The highest BCUT2D eigenvalue weighted by atomic mass is 32.2. The number of unbranched alkanes of at least 4 members (excludes halogenated alkanes) is 1.